The Bertz CT molecular complexity index is 644. The summed E-state index contributed by atoms with van der Waals surface area (Å²) in [6.07, 6.45) is 2.81. The first kappa shape index (κ1) is 12.8. The fourth-order valence-corrected chi connectivity index (χ4v) is 2.86. The van der Waals surface area contributed by atoms with E-state index in [9.17, 15) is 8.42 Å². The van der Waals surface area contributed by atoms with Crippen LogP contribution in [0.2, 0.25) is 0 Å². The van der Waals surface area contributed by atoms with Crippen LogP contribution >= 0.6 is 0 Å². The van der Waals surface area contributed by atoms with Crippen LogP contribution in [0.15, 0.2) is 21.7 Å². The molecule has 0 aliphatic heterocycles. The average Bonchev–Trinajstić information content (AvgIpc) is 2.86. The second-order valence-electron chi connectivity index (χ2n) is 4.01. The van der Waals surface area contributed by atoms with Crippen molar-refractivity contribution in [3.05, 3.63) is 29.7 Å². The van der Waals surface area contributed by atoms with Crippen LogP contribution in [0.1, 0.15) is 30.3 Å². The van der Waals surface area contributed by atoms with Gasteiger partial charge in [-0.2, -0.15) is 9.82 Å². The second kappa shape index (κ2) is 4.54. The van der Waals surface area contributed by atoms with Gasteiger partial charge in [-0.05, 0) is 20.8 Å². The Labute approximate surface area is 105 Å². The molecule has 2 rings (SSSR count). The van der Waals surface area contributed by atoms with Crippen LogP contribution in [0.25, 0.3) is 0 Å². The lowest BCUT2D eigenvalue weighted by molar-refractivity contribution is 0.427. The molecule has 1 atom stereocenters. The minimum absolute atomic E-state index is 0.123. The number of hydrogen-bond acceptors (Lipinski definition) is 5. The van der Waals surface area contributed by atoms with E-state index in [1.807, 2.05) is 0 Å². The van der Waals surface area contributed by atoms with Crippen molar-refractivity contribution in [1.29, 1.82) is 0 Å². The maximum absolute atomic E-state index is 12.1. The van der Waals surface area contributed by atoms with Crippen LogP contribution in [0.4, 0.5) is 0 Å². The Morgan fingerprint density at radius 1 is 1.39 bits per heavy atom. The van der Waals surface area contributed by atoms with E-state index < -0.39 is 16.1 Å². The summed E-state index contributed by atoms with van der Waals surface area (Å²) in [7, 11) is -3.63. The van der Waals surface area contributed by atoms with Crippen molar-refractivity contribution >= 4 is 10.0 Å². The minimum atomic E-state index is -3.63. The molecule has 0 saturated carbocycles. The van der Waals surface area contributed by atoms with Crippen LogP contribution in [-0.4, -0.2) is 23.6 Å². The summed E-state index contributed by atoms with van der Waals surface area (Å²) in [6, 6.07) is -0.544. The molecule has 0 saturated heterocycles. The molecule has 2 N–H and O–H groups in total. The predicted molar refractivity (Wildman–Crippen MR) is 63.3 cm³/mol. The molecule has 8 heteroatoms. The molecule has 2 aromatic heterocycles. The Morgan fingerprint density at radius 2 is 2.11 bits per heavy atom. The third-order valence-corrected chi connectivity index (χ3v) is 4.07. The molecular formula is C10H14N4O3S. The van der Waals surface area contributed by atoms with Gasteiger partial charge in [-0.3, -0.25) is 5.10 Å². The van der Waals surface area contributed by atoms with E-state index in [0.29, 0.717) is 17.3 Å². The number of aromatic nitrogens is 3. The number of oxazole rings is 1. The topological polar surface area (TPSA) is 101 Å². The zero-order chi connectivity index (χ0) is 13.3. The van der Waals surface area contributed by atoms with Crippen molar-refractivity contribution in [3.8, 4) is 0 Å². The zero-order valence-electron chi connectivity index (χ0n) is 10.3. The summed E-state index contributed by atoms with van der Waals surface area (Å²) >= 11 is 0. The Balaban J connectivity index is 2.21. The highest BCUT2D eigenvalue weighted by Gasteiger charge is 2.23. The van der Waals surface area contributed by atoms with E-state index in [-0.39, 0.29) is 4.90 Å². The van der Waals surface area contributed by atoms with Gasteiger partial charge >= 0.3 is 0 Å². The van der Waals surface area contributed by atoms with E-state index in [1.54, 1.807) is 27.0 Å². The monoisotopic (exact) mass is 270 g/mol. The lowest BCUT2D eigenvalue weighted by atomic mass is 10.4. The normalized spacial score (nSPS) is 13.7. The lowest BCUT2D eigenvalue weighted by Gasteiger charge is -2.10. The van der Waals surface area contributed by atoms with Gasteiger partial charge < -0.3 is 4.42 Å². The molecule has 0 spiro atoms. The van der Waals surface area contributed by atoms with Crippen LogP contribution in [0.5, 0.6) is 0 Å². The van der Waals surface area contributed by atoms with Gasteiger partial charge in [0.25, 0.3) is 0 Å². The highest BCUT2D eigenvalue weighted by molar-refractivity contribution is 7.89. The third kappa shape index (κ3) is 2.44. The van der Waals surface area contributed by atoms with Gasteiger partial charge in [-0.15, -0.1) is 0 Å². The smallest absolute Gasteiger partial charge is 0.244 e. The first-order valence-electron chi connectivity index (χ1n) is 5.35. The number of nitrogens with one attached hydrogen (secondary N) is 2. The summed E-state index contributed by atoms with van der Waals surface area (Å²) in [6.45, 7) is 5.05. The van der Waals surface area contributed by atoms with Crippen LogP contribution in [-0.2, 0) is 10.0 Å². The molecule has 0 aromatic carbocycles. The number of H-pyrrole nitrogens is 1. The molecule has 0 aliphatic carbocycles. The number of hydrogen-bond donors (Lipinski definition) is 2. The van der Waals surface area contributed by atoms with Gasteiger partial charge in [-0.1, -0.05) is 0 Å². The van der Waals surface area contributed by atoms with Crippen molar-refractivity contribution in [2.45, 2.75) is 31.7 Å². The number of aryl methyl sites for hydroxylation is 2. The Morgan fingerprint density at radius 3 is 2.61 bits per heavy atom. The summed E-state index contributed by atoms with van der Waals surface area (Å²) in [5, 5.41) is 6.27. The van der Waals surface area contributed by atoms with Crippen LogP contribution in [0, 0.1) is 13.8 Å². The van der Waals surface area contributed by atoms with E-state index in [2.05, 4.69) is 19.9 Å². The summed E-state index contributed by atoms with van der Waals surface area (Å²) in [5.41, 5.74) is 0.485. The van der Waals surface area contributed by atoms with Crippen molar-refractivity contribution in [2.75, 3.05) is 0 Å². The number of nitrogens with zero attached hydrogens (tertiary/aromatic N) is 2. The van der Waals surface area contributed by atoms with Crippen molar-refractivity contribution in [1.82, 2.24) is 19.9 Å². The standard InChI is InChI=1S/C10H14N4O3S/c1-6-4-11-10(17-6)8(3)14-18(15,16)9-5-12-13-7(9)2/h4-5,8,14H,1-3H3,(H,12,13). The Kier molecular flexibility index (Phi) is 3.22. The van der Waals surface area contributed by atoms with Crippen molar-refractivity contribution < 1.29 is 12.8 Å². The summed E-state index contributed by atoms with van der Waals surface area (Å²) in [5.74, 6) is 0.966. The number of aromatic amines is 1. The highest BCUT2D eigenvalue weighted by Crippen LogP contribution is 2.17. The van der Waals surface area contributed by atoms with Gasteiger partial charge in [0.1, 0.15) is 10.7 Å². The molecule has 0 amide bonds. The average molecular weight is 270 g/mol. The molecular weight excluding hydrogens is 256 g/mol. The lowest BCUT2D eigenvalue weighted by Crippen LogP contribution is -2.27. The predicted octanol–water partition coefficient (Wildman–Crippen LogP) is 1.05. The fraction of sp³-hybridized carbons (Fsp3) is 0.400. The molecule has 2 heterocycles. The molecule has 18 heavy (non-hydrogen) atoms. The second-order valence-corrected chi connectivity index (χ2v) is 5.69. The molecule has 2 aromatic rings. The fourth-order valence-electron chi connectivity index (χ4n) is 1.53. The van der Waals surface area contributed by atoms with E-state index >= 15 is 0 Å². The summed E-state index contributed by atoms with van der Waals surface area (Å²) < 4.78 is 31.9. The van der Waals surface area contributed by atoms with E-state index in [0.717, 1.165) is 0 Å². The van der Waals surface area contributed by atoms with Crippen molar-refractivity contribution in [2.24, 2.45) is 0 Å². The van der Waals surface area contributed by atoms with Crippen LogP contribution < -0.4 is 4.72 Å². The van der Waals surface area contributed by atoms with Gasteiger partial charge in [-0.25, -0.2) is 13.4 Å². The number of sulfonamides is 1. The maximum atomic E-state index is 12.1. The summed E-state index contributed by atoms with van der Waals surface area (Å²) in [4.78, 5) is 4.11. The first-order chi connectivity index (χ1) is 8.40. The van der Waals surface area contributed by atoms with E-state index in [1.165, 1.54) is 6.20 Å². The van der Waals surface area contributed by atoms with Gasteiger partial charge in [0.05, 0.1) is 24.1 Å². The van der Waals surface area contributed by atoms with Crippen LogP contribution in [0.3, 0.4) is 0 Å². The third-order valence-electron chi connectivity index (χ3n) is 2.41. The molecule has 0 fully saturated rings. The minimum Gasteiger partial charge on any atom is -0.444 e. The van der Waals surface area contributed by atoms with Crippen molar-refractivity contribution in [3.63, 3.8) is 0 Å². The molecule has 1 unspecified atom stereocenters. The maximum Gasteiger partial charge on any atom is 0.244 e. The highest BCUT2D eigenvalue weighted by atomic mass is 32.2. The molecule has 0 bridgehead atoms. The Hall–Kier alpha value is -1.67. The van der Waals surface area contributed by atoms with Gasteiger partial charge in [0.2, 0.25) is 15.9 Å². The molecule has 0 aliphatic rings. The van der Waals surface area contributed by atoms with Gasteiger partial charge in [0.15, 0.2) is 0 Å². The molecule has 7 nitrogen and oxygen atoms in total. The molecule has 98 valence electrons. The van der Waals surface area contributed by atoms with Gasteiger partial charge in [0, 0.05) is 0 Å². The largest absolute Gasteiger partial charge is 0.444 e. The zero-order valence-corrected chi connectivity index (χ0v) is 11.1. The SMILES string of the molecule is Cc1cnc(C(C)NS(=O)(=O)c2cn[nH]c2C)o1. The number of rotatable bonds is 4. The van der Waals surface area contributed by atoms with E-state index in [4.69, 9.17) is 4.42 Å². The molecule has 0 radical (unpaired) electrons. The first-order valence-corrected chi connectivity index (χ1v) is 6.83. The quantitative estimate of drug-likeness (QED) is 0.864.